The number of piperidine rings is 1. The Morgan fingerprint density at radius 2 is 0.788 bits per heavy atom. The van der Waals surface area contributed by atoms with Crippen LogP contribution in [0.5, 0.6) is 0 Å². The molecule has 13 amide bonds. The van der Waals surface area contributed by atoms with E-state index in [4.69, 9.17) is 14.2 Å². The van der Waals surface area contributed by atoms with Crippen LogP contribution in [0.4, 0.5) is 4.79 Å². The Morgan fingerprint density at radius 3 is 1.25 bits per heavy atom. The van der Waals surface area contributed by atoms with Crippen molar-refractivity contribution in [1.82, 2.24) is 66.2 Å². The topological polar surface area (TPSA) is 362 Å². The maximum atomic E-state index is 16.5. The summed E-state index contributed by atoms with van der Waals surface area (Å²) < 4.78 is 18.8. The molecular weight excluding hydrogens is 1740 g/mol. The number of benzene rings is 7. The van der Waals surface area contributed by atoms with Gasteiger partial charge in [-0.1, -0.05) is 268 Å². The fourth-order valence-electron chi connectivity index (χ4n) is 16.9. The fraction of sp³-hybridized carbons (Fsp3) is 0.477. The van der Waals surface area contributed by atoms with Gasteiger partial charge in [0.25, 0.3) is 0 Å². The molecular formula is C107H143N13O17. The van der Waals surface area contributed by atoms with Crippen LogP contribution in [0.2, 0.25) is 0 Å². The van der Waals surface area contributed by atoms with Gasteiger partial charge in [-0.3, -0.25) is 67.2 Å². The van der Waals surface area contributed by atoms with Gasteiger partial charge in [0.1, 0.15) is 84.3 Å². The molecule has 0 aromatic heterocycles. The lowest BCUT2D eigenvalue weighted by atomic mass is 9.79. The molecule has 0 aliphatic carbocycles. The molecule has 1 fully saturated rings. The highest BCUT2D eigenvalue weighted by Crippen LogP contribution is 2.42. The molecule has 0 unspecified atom stereocenters. The molecule has 1 aliphatic rings. The summed E-state index contributed by atoms with van der Waals surface area (Å²) in [7, 11) is 8.42. The Hall–Kier alpha value is -13.1. The standard InChI is InChI=1S/C107H143N13O17/c1-69(2)61-85(117(18)103(132)91(71(5)6)112-94(123)74(10)114(15)105(134)137-106(12,13)14)98(127)113-92(75(11)136-107(80-53-37-25-38-54-80,81-55-39-26-40-56-81)82-57-41-27-42-58-82)104(133)118(19)86(64-77-47-31-22-32-48-77)96(125)108-67-89(121)115(16)88(62-70(3)4)102(131)119(20)93(72(7)8)99(128)110-83(63-76-45-29-21-30-46-76)95(124)111-84(66-90(122)135-68-79-51-35-24-36-52-79)101(130)116(17)87(65-78-49-33-23-34-50-78)97(126)109-73(9)100(129)120-59-43-28-44-60-120/h21-27,29-42,45-58,69-75,83-88,91-93H,28,43-44,59-68H2,1-20H3,(H,108,125)(H,109,126)(H,110,128)(H,111,124)(H,112,123)(H,113,127)/t73-,74-,75+,83-,84-,85-,86-,87-,88-,91-,92-,93-/m0/s1. The van der Waals surface area contributed by atoms with Crippen LogP contribution in [0, 0.1) is 23.7 Å². The molecule has 137 heavy (non-hydrogen) atoms. The van der Waals surface area contributed by atoms with Crippen LogP contribution >= 0.6 is 0 Å². The number of hydrogen-bond acceptors (Lipinski definition) is 17. The molecule has 8 rings (SSSR count). The number of carbonyl (C=O) groups is 14. The summed E-state index contributed by atoms with van der Waals surface area (Å²) in [6.07, 6.45) is -0.525. The molecule has 30 nitrogen and oxygen atoms in total. The SMILES string of the molecule is CC(C)C[C@@H](C(=O)N(C)[C@H](C(=O)N[C@@H](Cc1ccccc1)C(=O)N[C@@H](CC(=O)OCc1ccccc1)C(=O)N(C)[C@@H](Cc1ccccc1)C(=O)N[C@@H](C)C(=O)N1CCCCC1)C(C)C)N(C)C(=O)CNC(=O)[C@H](Cc1ccccc1)N(C)C(=O)[C@@H](NC(=O)[C@H](CC(C)C)N(C)C(=O)[C@@H](NC(=O)[C@H](C)N(C)C(=O)OC(C)(C)C)C(C)C)[C@@H](C)OC(c1ccccc1)(c1ccccc1)c1ccccc1. The lowest BCUT2D eigenvalue weighted by Gasteiger charge is -2.41. The number of esters is 1. The van der Waals surface area contributed by atoms with Crippen LogP contribution in [0.1, 0.15) is 174 Å². The fourth-order valence-corrected chi connectivity index (χ4v) is 16.9. The zero-order valence-corrected chi connectivity index (χ0v) is 83.2. The first-order valence-electron chi connectivity index (χ1n) is 47.5. The first kappa shape index (κ1) is 109. The molecule has 30 heteroatoms. The molecule has 7 aromatic carbocycles. The molecule has 1 aliphatic heterocycles. The number of rotatable bonds is 46. The summed E-state index contributed by atoms with van der Waals surface area (Å²) in [5.74, 6) is -11.5. The average molecular weight is 1880 g/mol. The minimum absolute atomic E-state index is 0.0404. The van der Waals surface area contributed by atoms with Gasteiger partial charge in [0, 0.05) is 74.6 Å². The van der Waals surface area contributed by atoms with Crippen LogP contribution in [-0.2, 0) is 108 Å². The number of nitrogens with one attached hydrogen (secondary N) is 6. The van der Waals surface area contributed by atoms with Crippen molar-refractivity contribution in [3.05, 3.63) is 251 Å². The maximum absolute atomic E-state index is 16.5. The Labute approximate surface area is 808 Å². The molecule has 0 spiro atoms. The molecule has 0 saturated carbocycles. The Kier molecular flexibility index (Phi) is 41.2. The smallest absolute Gasteiger partial charge is 0.410 e. The summed E-state index contributed by atoms with van der Waals surface area (Å²) in [5, 5.41) is 17.2. The largest absolute Gasteiger partial charge is 0.461 e. The molecule has 6 N–H and O–H groups in total. The van der Waals surface area contributed by atoms with Crippen LogP contribution < -0.4 is 31.9 Å². The summed E-state index contributed by atoms with van der Waals surface area (Å²) in [5.41, 5.74) is 2.00. The van der Waals surface area contributed by atoms with Gasteiger partial charge >= 0.3 is 12.1 Å². The van der Waals surface area contributed by atoms with E-state index in [9.17, 15) is 24.0 Å². The van der Waals surface area contributed by atoms with Gasteiger partial charge in [0.2, 0.25) is 70.9 Å². The molecule has 738 valence electrons. The average Bonchev–Trinajstić information content (AvgIpc) is 0.747. The third-order valence-corrected chi connectivity index (χ3v) is 24.9. The number of ether oxygens (including phenoxy) is 3. The van der Waals surface area contributed by atoms with Crippen LogP contribution in [-0.4, -0.2) is 257 Å². The van der Waals surface area contributed by atoms with Gasteiger partial charge in [-0.25, -0.2) is 4.79 Å². The molecule has 1 saturated heterocycles. The number of likely N-dealkylation sites (tertiary alicyclic amines) is 1. The van der Waals surface area contributed by atoms with Crippen molar-refractivity contribution in [2.45, 2.75) is 245 Å². The Morgan fingerprint density at radius 1 is 0.380 bits per heavy atom. The molecule has 0 bridgehead atoms. The first-order chi connectivity index (χ1) is 64.9. The third kappa shape index (κ3) is 30.9. The van der Waals surface area contributed by atoms with E-state index in [1.165, 1.54) is 68.8 Å². The molecule has 1 heterocycles. The second-order valence-electron chi connectivity index (χ2n) is 38.3. The monoisotopic (exact) mass is 1880 g/mol. The quantitative estimate of drug-likeness (QED) is 0.0152. The van der Waals surface area contributed by atoms with Crippen LogP contribution in [0.3, 0.4) is 0 Å². The number of amides is 13. The zero-order valence-electron chi connectivity index (χ0n) is 83.2. The van der Waals surface area contributed by atoms with E-state index >= 15 is 43.2 Å². The van der Waals surface area contributed by atoms with Crippen molar-refractivity contribution in [2.75, 3.05) is 61.9 Å². The summed E-state index contributed by atoms with van der Waals surface area (Å²) in [6, 6.07) is 48.3. The first-order valence-corrected chi connectivity index (χ1v) is 47.5. The van der Waals surface area contributed by atoms with Crippen molar-refractivity contribution in [3.63, 3.8) is 0 Å². The van der Waals surface area contributed by atoms with Crippen molar-refractivity contribution in [3.8, 4) is 0 Å². The van der Waals surface area contributed by atoms with Gasteiger partial charge < -0.3 is 75.5 Å². The highest BCUT2D eigenvalue weighted by molar-refractivity contribution is 6.00. The maximum Gasteiger partial charge on any atom is 0.410 e. The van der Waals surface area contributed by atoms with Crippen molar-refractivity contribution >= 4 is 82.9 Å². The highest BCUT2D eigenvalue weighted by Gasteiger charge is 2.48. The summed E-state index contributed by atoms with van der Waals surface area (Å²) in [6.45, 7) is 24.2. The van der Waals surface area contributed by atoms with Gasteiger partial charge in [-0.2, -0.15) is 0 Å². The minimum atomic E-state index is -1.73. The number of carbonyl (C=O) groups excluding carboxylic acids is 14. The second kappa shape index (κ2) is 51.7. The van der Waals surface area contributed by atoms with E-state index in [0.717, 1.165) is 29.1 Å². The van der Waals surface area contributed by atoms with E-state index < -0.39 is 186 Å². The van der Waals surface area contributed by atoms with Gasteiger partial charge in [0.05, 0.1) is 19.1 Å². The highest BCUT2D eigenvalue weighted by atomic mass is 16.6. The number of likely N-dealkylation sites (N-methyl/N-ethyl adjacent to an activating group) is 6. The third-order valence-electron chi connectivity index (χ3n) is 24.9. The van der Waals surface area contributed by atoms with Crippen molar-refractivity contribution < 1.29 is 81.3 Å². The van der Waals surface area contributed by atoms with E-state index in [1.54, 1.807) is 189 Å². The lowest BCUT2D eigenvalue weighted by Crippen LogP contribution is -2.63. The molecule has 12 atom stereocenters. The van der Waals surface area contributed by atoms with E-state index in [1.807, 2.05) is 119 Å². The number of hydrogen-bond donors (Lipinski definition) is 6. The predicted octanol–water partition coefficient (Wildman–Crippen LogP) is 10.6. The zero-order chi connectivity index (χ0) is 101. The molecule has 0 radical (unpaired) electrons. The van der Waals surface area contributed by atoms with Gasteiger partial charge in [-0.05, 0) is 136 Å². The van der Waals surface area contributed by atoms with E-state index in [2.05, 4.69) is 31.9 Å². The van der Waals surface area contributed by atoms with Gasteiger partial charge in [0.15, 0.2) is 0 Å². The lowest BCUT2D eigenvalue weighted by molar-refractivity contribution is -0.151. The Bertz CT molecular complexity index is 5050. The van der Waals surface area contributed by atoms with Crippen molar-refractivity contribution in [1.29, 1.82) is 0 Å². The van der Waals surface area contributed by atoms with Gasteiger partial charge in [-0.15, -0.1) is 0 Å². The van der Waals surface area contributed by atoms with Crippen LogP contribution in [0.15, 0.2) is 212 Å². The molecule has 7 aromatic rings. The predicted molar refractivity (Wildman–Crippen MR) is 525 cm³/mol. The Balaban J connectivity index is 1.09. The normalized spacial score (nSPS) is 14.8. The van der Waals surface area contributed by atoms with E-state index in [0.29, 0.717) is 52.0 Å². The summed E-state index contributed by atoms with van der Waals surface area (Å²) >= 11 is 0. The minimum Gasteiger partial charge on any atom is -0.461 e. The van der Waals surface area contributed by atoms with Crippen molar-refractivity contribution in [2.24, 2.45) is 23.7 Å². The van der Waals surface area contributed by atoms with E-state index in [-0.39, 0.29) is 56.5 Å². The number of nitrogens with zero attached hydrogens (tertiary/aromatic N) is 7. The van der Waals surface area contributed by atoms with Crippen LogP contribution in [0.25, 0.3) is 0 Å². The summed E-state index contributed by atoms with van der Waals surface area (Å²) in [4.78, 5) is 219. The second-order valence-corrected chi connectivity index (χ2v) is 38.3.